The van der Waals surface area contributed by atoms with Crippen LogP contribution < -0.4 is 15.4 Å². The monoisotopic (exact) mass is 318 g/mol. The molecule has 0 radical (unpaired) electrons. The molecule has 0 aliphatic rings. The van der Waals surface area contributed by atoms with Crippen LogP contribution in [0.2, 0.25) is 0 Å². The first-order valence-corrected chi connectivity index (χ1v) is 9.19. The van der Waals surface area contributed by atoms with E-state index in [1.807, 2.05) is 6.92 Å². The molecule has 0 aliphatic heterocycles. The highest BCUT2D eigenvalue weighted by Crippen LogP contribution is 2.16. The lowest BCUT2D eigenvalue weighted by Gasteiger charge is -2.11. The molecule has 1 heterocycles. The predicted octanol–water partition coefficient (Wildman–Crippen LogP) is 0.661. The van der Waals surface area contributed by atoms with Gasteiger partial charge in [0.1, 0.15) is 0 Å². The van der Waals surface area contributed by atoms with Gasteiger partial charge < -0.3 is 10.6 Å². The van der Waals surface area contributed by atoms with E-state index in [1.54, 1.807) is 11.3 Å². The number of thiophene rings is 1. The first kappa shape index (κ1) is 16.9. The standard InChI is InChI=1S/C12H22N4O2S2/c1-4-13-12(14-6-7-16-20(3,17)18)15-9-11-10(2)5-8-19-11/h5,8,16H,4,6-7,9H2,1-3H3,(H2,13,14,15). The Morgan fingerprint density at radius 2 is 2.10 bits per heavy atom. The maximum Gasteiger partial charge on any atom is 0.208 e. The lowest BCUT2D eigenvalue weighted by Crippen LogP contribution is -2.41. The Labute approximate surface area is 124 Å². The average Bonchev–Trinajstić information content (AvgIpc) is 2.76. The Balaban J connectivity index is 2.45. The Bertz CT molecular complexity index is 537. The van der Waals surface area contributed by atoms with Crippen molar-refractivity contribution in [1.82, 2.24) is 15.4 Å². The highest BCUT2D eigenvalue weighted by molar-refractivity contribution is 7.88. The Morgan fingerprint density at radius 3 is 2.65 bits per heavy atom. The molecule has 0 fully saturated rings. The van der Waals surface area contributed by atoms with Gasteiger partial charge in [0.05, 0.1) is 12.8 Å². The van der Waals surface area contributed by atoms with Gasteiger partial charge in [-0.3, -0.25) is 0 Å². The third-order valence-electron chi connectivity index (χ3n) is 2.47. The Kier molecular flexibility index (Phi) is 6.97. The summed E-state index contributed by atoms with van der Waals surface area (Å²) in [5, 5.41) is 8.27. The molecule has 0 saturated heterocycles. The second kappa shape index (κ2) is 8.23. The molecule has 1 aromatic heterocycles. The molecule has 0 spiro atoms. The van der Waals surface area contributed by atoms with Gasteiger partial charge in [-0.1, -0.05) is 0 Å². The van der Waals surface area contributed by atoms with Crippen LogP contribution in [0.5, 0.6) is 0 Å². The van der Waals surface area contributed by atoms with Gasteiger partial charge in [-0.2, -0.15) is 0 Å². The van der Waals surface area contributed by atoms with Crippen molar-refractivity contribution in [2.45, 2.75) is 20.4 Å². The highest BCUT2D eigenvalue weighted by Gasteiger charge is 2.02. The first-order chi connectivity index (χ1) is 9.42. The van der Waals surface area contributed by atoms with E-state index in [-0.39, 0.29) is 0 Å². The van der Waals surface area contributed by atoms with Gasteiger partial charge in [0.15, 0.2) is 5.96 Å². The van der Waals surface area contributed by atoms with Crippen LogP contribution in [0.25, 0.3) is 0 Å². The summed E-state index contributed by atoms with van der Waals surface area (Å²) in [4.78, 5) is 5.71. The quantitative estimate of drug-likeness (QED) is 0.392. The molecule has 3 N–H and O–H groups in total. The van der Waals surface area contributed by atoms with Crippen molar-refractivity contribution in [3.63, 3.8) is 0 Å². The van der Waals surface area contributed by atoms with Crippen molar-refractivity contribution in [3.05, 3.63) is 21.9 Å². The summed E-state index contributed by atoms with van der Waals surface area (Å²) in [5.74, 6) is 0.690. The van der Waals surface area contributed by atoms with E-state index in [4.69, 9.17) is 0 Å². The Hall–Kier alpha value is -1.12. The van der Waals surface area contributed by atoms with Gasteiger partial charge in [-0.05, 0) is 30.9 Å². The molecule has 0 aromatic carbocycles. The second-order valence-corrected chi connectivity index (χ2v) is 7.15. The number of sulfonamides is 1. The third-order valence-corrected chi connectivity index (χ3v) is 4.21. The zero-order chi connectivity index (χ0) is 15.0. The number of hydrogen-bond donors (Lipinski definition) is 3. The maximum absolute atomic E-state index is 10.9. The molecule has 0 amide bonds. The summed E-state index contributed by atoms with van der Waals surface area (Å²) in [6, 6.07) is 2.08. The minimum absolute atomic E-state index is 0.335. The summed E-state index contributed by atoms with van der Waals surface area (Å²) in [7, 11) is -3.14. The number of nitrogens with one attached hydrogen (secondary N) is 3. The van der Waals surface area contributed by atoms with Gasteiger partial charge in [0.25, 0.3) is 0 Å². The van der Waals surface area contributed by atoms with E-state index >= 15 is 0 Å². The van der Waals surface area contributed by atoms with Gasteiger partial charge in [0.2, 0.25) is 10.0 Å². The van der Waals surface area contributed by atoms with Gasteiger partial charge >= 0.3 is 0 Å². The molecule has 1 aromatic rings. The third kappa shape index (κ3) is 6.88. The number of aliphatic imine (C=N–C) groups is 1. The lowest BCUT2D eigenvalue weighted by molar-refractivity contribution is 0.586. The zero-order valence-corrected chi connectivity index (χ0v) is 13.7. The van der Waals surface area contributed by atoms with Crippen LogP contribution in [0.15, 0.2) is 16.4 Å². The van der Waals surface area contributed by atoms with Crippen molar-refractivity contribution in [3.8, 4) is 0 Å². The summed E-state index contributed by atoms with van der Waals surface area (Å²) in [6.07, 6.45) is 1.14. The highest BCUT2D eigenvalue weighted by atomic mass is 32.2. The molecule has 8 heteroatoms. The number of guanidine groups is 1. The van der Waals surface area contributed by atoms with E-state index < -0.39 is 10.0 Å². The maximum atomic E-state index is 10.9. The van der Waals surface area contributed by atoms with Crippen LogP contribution >= 0.6 is 11.3 Å². The fraction of sp³-hybridized carbons (Fsp3) is 0.583. The first-order valence-electron chi connectivity index (χ1n) is 6.42. The summed E-state index contributed by atoms with van der Waals surface area (Å²) in [5.41, 5.74) is 1.24. The Morgan fingerprint density at radius 1 is 1.35 bits per heavy atom. The molecule has 0 saturated carbocycles. The molecule has 1 rings (SSSR count). The normalized spacial score (nSPS) is 12.4. The van der Waals surface area contributed by atoms with E-state index in [2.05, 4.69) is 38.7 Å². The number of hydrogen-bond acceptors (Lipinski definition) is 4. The molecule has 0 bridgehead atoms. The smallest absolute Gasteiger partial charge is 0.208 e. The van der Waals surface area contributed by atoms with Gasteiger partial charge in [-0.25, -0.2) is 18.1 Å². The molecule has 0 atom stereocenters. The molecule has 6 nitrogen and oxygen atoms in total. The molecule has 20 heavy (non-hydrogen) atoms. The van der Waals surface area contributed by atoms with Crippen LogP contribution in [0.4, 0.5) is 0 Å². The minimum atomic E-state index is -3.14. The fourth-order valence-corrected chi connectivity index (χ4v) is 2.78. The molecular weight excluding hydrogens is 296 g/mol. The van der Waals surface area contributed by atoms with Crippen molar-refractivity contribution >= 4 is 27.3 Å². The van der Waals surface area contributed by atoms with Crippen molar-refractivity contribution in [1.29, 1.82) is 0 Å². The molecule has 114 valence electrons. The van der Waals surface area contributed by atoms with E-state index in [0.29, 0.717) is 25.6 Å². The SMILES string of the molecule is CCNC(=NCc1sccc1C)NCCNS(C)(=O)=O. The van der Waals surface area contributed by atoms with Gasteiger partial charge in [0, 0.05) is 24.5 Å². The van der Waals surface area contributed by atoms with Crippen LogP contribution in [-0.4, -0.2) is 40.3 Å². The summed E-state index contributed by atoms with van der Waals surface area (Å²) < 4.78 is 24.3. The van der Waals surface area contributed by atoms with Crippen LogP contribution in [0, 0.1) is 6.92 Å². The second-order valence-electron chi connectivity index (χ2n) is 4.32. The van der Waals surface area contributed by atoms with Crippen LogP contribution in [0.1, 0.15) is 17.4 Å². The van der Waals surface area contributed by atoms with Crippen molar-refractivity contribution < 1.29 is 8.42 Å². The number of aryl methyl sites for hydroxylation is 1. The van der Waals surface area contributed by atoms with E-state index in [1.165, 1.54) is 10.4 Å². The van der Waals surface area contributed by atoms with E-state index in [9.17, 15) is 8.42 Å². The van der Waals surface area contributed by atoms with Gasteiger partial charge in [-0.15, -0.1) is 11.3 Å². The van der Waals surface area contributed by atoms with E-state index in [0.717, 1.165) is 12.8 Å². The molecule has 0 unspecified atom stereocenters. The summed E-state index contributed by atoms with van der Waals surface area (Å²) >= 11 is 1.69. The topological polar surface area (TPSA) is 82.6 Å². The largest absolute Gasteiger partial charge is 0.357 e. The number of nitrogens with zero attached hydrogens (tertiary/aromatic N) is 1. The lowest BCUT2D eigenvalue weighted by atomic mass is 10.3. The summed E-state index contributed by atoms with van der Waals surface area (Å²) in [6.45, 7) is 6.26. The van der Waals surface area contributed by atoms with Crippen LogP contribution in [0.3, 0.4) is 0 Å². The van der Waals surface area contributed by atoms with Crippen molar-refractivity contribution in [2.75, 3.05) is 25.9 Å². The predicted molar refractivity (Wildman–Crippen MR) is 84.7 cm³/mol. The van der Waals surface area contributed by atoms with Crippen LogP contribution in [-0.2, 0) is 16.6 Å². The minimum Gasteiger partial charge on any atom is -0.357 e. The fourth-order valence-electron chi connectivity index (χ4n) is 1.48. The van der Waals surface area contributed by atoms with Crippen molar-refractivity contribution in [2.24, 2.45) is 4.99 Å². The zero-order valence-electron chi connectivity index (χ0n) is 12.1. The molecule has 0 aliphatic carbocycles. The molecular formula is C12H22N4O2S2. The average molecular weight is 318 g/mol. The number of rotatable bonds is 7.